The Morgan fingerprint density at radius 1 is 1.37 bits per heavy atom. The first-order valence-electron chi connectivity index (χ1n) is 6.17. The minimum absolute atomic E-state index is 0.315. The van der Waals surface area contributed by atoms with E-state index < -0.39 is 0 Å². The van der Waals surface area contributed by atoms with Crippen molar-refractivity contribution >= 4 is 12.0 Å². The lowest BCUT2D eigenvalue weighted by Crippen LogP contribution is -1.98. The van der Waals surface area contributed by atoms with Gasteiger partial charge in [0, 0.05) is 25.0 Å². The van der Waals surface area contributed by atoms with Crippen molar-refractivity contribution in [3.05, 3.63) is 60.2 Å². The summed E-state index contributed by atoms with van der Waals surface area (Å²) in [7, 11) is 0. The Bertz CT molecular complexity index is 542. The highest BCUT2D eigenvalue weighted by Gasteiger charge is 1.96. The Labute approximate surface area is 112 Å². The zero-order chi connectivity index (χ0) is 13.5. The molecule has 0 amide bonds. The zero-order valence-electron chi connectivity index (χ0n) is 10.8. The van der Waals surface area contributed by atoms with E-state index in [1.54, 1.807) is 25.5 Å². The summed E-state index contributed by atoms with van der Waals surface area (Å²) in [6.45, 7) is 2.98. The number of nitrogens with zero attached hydrogens (tertiary/aromatic N) is 2. The third-order valence-corrected chi connectivity index (χ3v) is 2.60. The fourth-order valence-corrected chi connectivity index (χ4v) is 1.68. The van der Waals surface area contributed by atoms with Crippen LogP contribution in [-0.2, 0) is 16.1 Å². The number of imidazole rings is 1. The Morgan fingerprint density at radius 2 is 2.16 bits per heavy atom. The number of aromatic nitrogens is 2. The molecular formula is C15H16N2O2. The summed E-state index contributed by atoms with van der Waals surface area (Å²) in [6.07, 6.45) is 8.66. The Balaban J connectivity index is 1.96. The number of carbonyl (C=O) groups excluding carboxylic acids is 1. The molecular weight excluding hydrogens is 240 g/mol. The maximum Gasteiger partial charge on any atom is 0.330 e. The number of hydrogen-bond donors (Lipinski definition) is 0. The van der Waals surface area contributed by atoms with Crippen LogP contribution in [0.5, 0.6) is 0 Å². The average molecular weight is 256 g/mol. The predicted octanol–water partition coefficient (Wildman–Crippen LogP) is 2.51. The van der Waals surface area contributed by atoms with Crippen LogP contribution < -0.4 is 0 Å². The van der Waals surface area contributed by atoms with Crippen LogP contribution in [0, 0.1) is 0 Å². The normalized spacial score (nSPS) is 10.8. The molecule has 0 saturated carbocycles. The molecule has 0 aliphatic rings. The van der Waals surface area contributed by atoms with Crippen LogP contribution >= 0.6 is 0 Å². The molecule has 0 aliphatic heterocycles. The topological polar surface area (TPSA) is 44.1 Å². The lowest BCUT2D eigenvalue weighted by molar-refractivity contribution is -0.137. The van der Waals surface area contributed by atoms with Gasteiger partial charge in [0.05, 0.1) is 12.9 Å². The quantitative estimate of drug-likeness (QED) is 0.610. The number of esters is 1. The summed E-state index contributed by atoms with van der Waals surface area (Å²) in [5.41, 5.74) is 2.16. The molecule has 0 unspecified atom stereocenters. The molecule has 98 valence electrons. The Morgan fingerprint density at radius 3 is 2.79 bits per heavy atom. The van der Waals surface area contributed by atoms with E-state index in [0.29, 0.717) is 6.61 Å². The van der Waals surface area contributed by atoms with Gasteiger partial charge < -0.3 is 9.30 Å². The van der Waals surface area contributed by atoms with Crippen molar-refractivity contribution in [2.75, 3.05) is 6.61 Å². The van der Waals surface area contributed by atoms with E-state index >= 15 is 0 Å². The molecule has 0 fully saturated rings. The van der Waals surface area contributed by atoms with Gasteiger partial charge in [0.2, 0.25) is 0 Å². The minimum atomic E-state index is -0.315. The van der Waals surface area contributed by atoms with E-state index in [2.05, 4.69) is 4.98 Å². The highest BCUT2D eigenvalue weighted by Crippen LogP contribution is 2.08. The predicted molar refractivity (Wildman–Crippen MR) is 73.4 cm³/mol. The number of benzene rings is 1. The van der Waals surface area contributed by atoms with E-state index in [1.807, 2.05) is 35.0 Å². The van der Waals surface area contributed by atoms with Crippen LogP contribution in [0.1, 0.15) is 18.1 Å². The van der Waals surface area contributed by atoms with E-state index in [-0.39, 0.29) is 5.97 Å². The molecule has 1 heterocycles. The van der Waals surface area contributed by atoms with Gasteiger partial charge in [0.1, 0.15) is 0 Å². The average Bonchev–Trinajstić information content (AvgIpc) is 2.91. The molecule has 0 atom stereocenters. The van der Waals surface area contributed by atoms with Gasteiger partial charge in [-0.2, -0.15) is 0 Å². The fraction of sp³-hybridized carbons (Fsp3) is 0.200. The van der Waals surface area contributed by atoms with Crippen molar-refractivity contribution in [2.24, 2.45) is 0 Å². The van der Waals surface area contributed by atoms with Crippen LogP contribution in [0.4, 0.5) is 0 Å². The highest BCUT2D eigenvalue weighted by atomic mass is 16.5. The summed E-state index contributed by atoms with van der Waals surface area (Å²) >= 11 is 0. The van der Waals surface area contributed by atoms with Crippen LogP contribution in [0.25, 0.3) is 6.08 Å². The fourth-order valence-electron chi connectivity index (χ4n) is 1.68. The van der Waals surface area contributed by atoms with E-state index in [1.165, 1.54) is 11.6 Å². The maximum atomic E-state index is 11.2. The minimum Gasteiger partial charge on any atom is -0.463 e. The molecule has 19 heavy (non-hydrogen) atoms. The zero-order valence-corrected chi connectivity index (χ0v) is 10.8. The number of ether oxygens (including phenoxy) is 1. The number of carbonyl (C=O) groups is 1. The number of rotatable bonds is 5. The molecule has 4 nitrogen and oxygen atoms in total. The van der Waals surface area contributed by atoms with Gasteiger partial charge in [-0.05, 0) is 24.1 Å². The molecule has 0 spiro atoms. The molecule has 4 heteroatoms. The number of hydrogen-bond acceptors (Lipinski definition) is 3. The summed E-state index contributed by atoms with van der Waals surface area (Å²) in [6, 6.07) is 8.01. The molecule has 0 N–H and O–H groups in total. The molecule has 0 saturated heterocycles. The van der Waals surface area contributed by atoms with Crippen LogP contribution in [0.15, 0.2) is 49.1 Å². The maximum absolute atomic E-state index is 11.2. The van der Waals surface area contributed by atoms with Gasteiger partial charge in [0.15, 0.2) is 0 Å². The Kier molecular flexibility index (Phi) is 4.50. The second kappa shape index (κ2) is 6.54. The van der Waals surface area contributed by atoms with Crippen molar-refractivity contribution < 1.29 is 9.53 Å². The smallest absolute Gasteiger partial charge is 0.330 e. The van der Waals surface area contributed by atoms with Gasteiger partial charge in [-0.25, -0.2) is 9.78 Å². The highest BCUT2D eigenvalue weighted by molar-refractivity contribution is 5.86. The van der Waals surface area contributed by atoms with Crippen LogP contribution in [0.2, 0.25) is 0 Å². The van der Waals surface area contributed by atoms with Gasteiger partial charge in [0.25, 0.3) is 0 Å². The summed E-state index contributed by atoms with van der Waals surface area (Å²) in [5.74, 6) is -0.315. The third-order valence-electron chi connectivity index (χ3n) is 2.60. The molecule has 0 radical (unpaired) electrons. The van der Waals surface area contributed by atoms with Crippen LogP contribution in [0.3, 0.4) is 0 Å². The first kappa shape index (κ1) is 13.1. The first-order chi connectivity index (χ1) is 9.28. The van der Waals surface area contributed by atoms with Gasteiger partial charge in [-0.15, -0.1) is 0 Å². The lowest BCUT2D eigenvalue weighted by atomic mass is 10.1. The van der Waals surface area contributed by atoms with Crippen molar-refractivity contribution in [3.63, 3.8) is 0 Å². The monoisotopic (exact) mass is 256 g/mol. The largest absolute Gasteiger partial charge is 0.463 e. The summed E-state index contributed by atoms with van der Waals surface area (Å²) < 4.78 is 6.82. The summed E-state index contributed by atoms with van der Waals surface area (Å²) in [4.78, 5) is 15.2. The molecule has 0 bridgehead atoms. The van der Waals surface area contributed by atoms with Crippen molar-refractivity contribution in [2.45, 2.75) is 13.5 Å². The SMILES string of the molecule is CCOC(=O)/C=C/c1ccc(Cn2ccnc2)cc1. The van der Waals surface area contributed by atoms with Crippen LogP contribution in [-0.4, -0.2) is 22.1 Å². The van der Waals surface area contributed by atoms with E-state index in [0.717, 1.165) is 12.1 Å². The second-order valence-electron chi connectivity index (χ2n) is 4.06. The molecule has 0 aliphatic carbocycles. The van der Waals surface area contributed by atoms with E-state index in [4.69, 9.17) is 4.74 Å². The van der Waals surface area contributed by atoms with Crippen molar-refractivity contribution in [1.29, 1.82) is 0 Å². The first-order valence-corrected chi connectivity index (χ1v) is 6.17. The van der Waals surface area contributed by atoms with Crippen molar-refractivity contribution in [1.82, 2.24) is 9.55 Å². The van der Waals surface area contributed by atoms with Gasteiger partial charge in [-0.1, -0.05) is 24.3 Å². The molecule has 1 aromatic carbocycles. The Hall–Kier alpha value is -2.36. The van der Waals surface area contributed by atoms with Crippen molar-refractivity contribution in [3.8, 4) is 0 Å². The van der Waals surface area contributed by atoms with Gasteiger partial charge >= 0.3 is 5.97 Å². The second-order valence-corrected chi connectivity index (χ2v) is 4.06. The standard InChI is InChI=1S/C15H16N2O2/c1-2-19-15(18)8-7-13-3-5-14(6-4-13)11-17-10-9-16-12-17/h3-10,12H,2,11H2,1H3/b8-7+. The summed E-state index contributed by atoms with van der Waals surface area (Å²) in [5, 5.41) is 0. The molecule has 2 rings (SSSR count). The molecule has 1 aromatic heterocycles. The third kappa shape index (κ3) is 4.10. The molecule has 2 aromatic rings. The van der Waals surface area contributed by atoms with Gasteiger partial charge in [-0.3, -0.25) is 0 Å². The lowest BCUT2D eigenvalue weighted by Gasteiger charge is -2.02. The van der Waals surface area contributed by atoms with E-state index in [9.17, 15) is 4.79 Å².